The van der Waals surface area contributed by atoms with Gasteiger partial charge in [0.15, 0.2) is 0 Å². The van der Waals surface area contributed by atoms with Gasteiger partial charge in [-0.3, -0.25) is 9.20 Å². The van der Waals surface area contributed by atoms with E-state index in [9.17, 15) is 4.79 Å². The first kappa shape index (κ1) is 13.6. The molecular weight excluding hydrogens is 288 g/mol. The van der Waals surface area contributed by atoms with Crippen molar-refractivity contribution >= 4 is 17.2 Å². The monoisotopic (exact) mass is 300 g/mol. The maximum atomic E-state index is 12.0. The standard InChI is InChI=1S/C16H13ClN2O2/c1-11-5-6-13(17)14(8-11)21-10-12-9-16(20)19-7-3-2-4-15(19)18-12/h2-9H,10H2,1H3. The molecule has 0 bridgehead atoms. The van der Waals surface area contributed by atoms with Crippen LogP contribution in [0.2, 0.25) is 5.02 Å². The van der Waals surface area contributed by atoms with Crippen LogP contribution in [0.3, 0.4) is 0 Å². The molecular formula is C16H13ClN2O2. The molecule has 4 nitrogen and oxygen atoms in total. The smallest absolute Gasteiger partial charge is 0.258 e. The number of fused-ring (bicyclic) bond motifs is 1. The van der Waals surface area contributed by atoms with Crippen LogP contribution in [0, 0.1) is 6.92 Å². The van der Waals surface area contributed by atoms with Crippen molar-refractivity contribution in [1.82, 2.24) is 9.38 Å². The highest BCUT2D eigenvalue weighted by atomic mass is 35.5. The van der Waals surface area contributed by atoms with Gasteiger partial charge in [-0.2, -0.15) is 0 Å². The average molecular weight is 301 g/mol. The molecule has 0 saturated heterocycles. The molecule has 3 aromatic rings. The molecule has 0 spiro atoms. The third-order valence-electron chi connectivity index (χ3n) is 3.09. The second-order valence-electron chi connectivity index (χ2n) is 4.74. The van der Waals surface area contributed by atoms with Crippen molar-refractivity contribution in [1.29, 1.82) is 0 Å². The first-order valence-corrected chi connectivity index (χ1v) is 6.87. The molecule has 106 valence electrons. The van der Waals surface area contributed by atoms with Crippen LogP contribution in [0.5, 0.6) is 5.75 Å². The van der Waals surface area contributed by atoms with Gasteiger partial charge in [0.1, 0.15) is 18.0 Å². The fourth-order valence-corrected chi connectivity index (χ4v) is 2.22. The molecule has 0 atom stereocenters. The van der Waals surface area contributed by atoms with Crippen LogP contribution in [0.25, 0.3) is 5.65 Å². The third-order valence-corrected chi connectivity index (χ3v) is 3.40. The second-order valence-corrected chi connectivity index (χ2v) is 5.14. The molecule has 0 saturated carbocycles. The van der Waals surface area contributed by atoms with E-state index in [1.165, 1.54) is 10.5 Å². The lowest BCUT2D eigenvalue weighted by Crippen LogP contribution is -2.16. The predicted octanol–water partition coefficient (Wildman–Crippen LogP) is 3.24. The Bertz CT molecular complexity index is 858. The quantitative estimate of drug-likeness (QED) is 0.746. The summed E-state index contributed by atoms with van der Waals surface area (Å²) >= 11 is 6.08. The van der Waals surface area contributed by atoms with E-state index in [1.807, 2.05) is 25.1 Å². The minimum atomic E-state index is -0.130. The number of ether oxygens (including phenoxy) is 1. The molecule has 2 aromatic heterocycles. The first-order valence-electron chi connectivity index (χ1n) is 6.50. The first-order chi connectivity index (χ1) is 10.1. The molecule has 21 heavy (non-hydrogen) atoms. The topological polar surface area (TPSA) is 43.6 Å². The van der Waals surface area contributed by atoms with E-state index in [1.54, 1.807) is 24.4 Å². The maximum Gasteiger partial charge on any atom is 0.258 e. The fraction of sp³-hybridized carbons (Fsp3) is 0.125. The Labute approximate surface area is 126 Å². The molecule has 5 heteroatoms. The minimum absolute atomic E-state index is 0.130. The van der Waals surface area contributed by atoms with Crippen LogP contribution in [0.15, 0.2) is 53.5 Å². The summed E-state index contributed by atoms with van der Waals surface area (Å²) in [5.74, 6) is 0.590. The van der Waals surface area contributed by atoms with Crippen molar-refractivity contribution < 1.29 is 4.74 Å². The van der Waals surface area contributed by atoms with E-state index in [0.717, 1.165) is 5.56 Å². The van der Waals surface area contributed by atoms with E-state index in [0.29, 0.717) is 22.1 Å². The molecule has 0 aliphatic carbocycles. The van der Waals surface area contributed by atoms with Gasteiger partial charge >= 0.3 is 0 Å². The molecule has 0 aliphatic rings. The lowest BCUT2D eigenvalue weighted by molar-refractivity contribution is 0.301. The van der Waals surface area contributed by atoms with Gasteiger partial charge in [0.25, 0.3) is 5.56 Å². The molecule has 1 aromatic carbocycles. The number of benzene rings is 1. The van der Waals surface area contributed by atoms with Gasteiger partial charge in [-0.25, -0.2) is 4.98 Å². The van der Waals surface area contributed by atoms with Crippen LogP contribution in [0.1, 0.15) is 11.3 Å². The van der Waals surface area contributed by atoms with Gasteiger partial charge in [-0.05, 0) is 36.8 Å². The summed E-state index contributed by atoms with van der Waals surface area (Å²) in [5.41, 5.74) is 2.10. The molecule has 0 unspecified atom stereocenters. The Morgan fingerprint density at radius 1 is 1.24 bits per heavy atom. The van der Waals surface area contributed by atoms with Gasteiger partial charge in [-0.15, -0.1) is 0 Å². The van der Waals surface area contributed by atoms with Gasteiger partial charge in [0, 0.05) is 12.3 Å². The van der Waals surface area contributed by atoms with Gasteiger partial charge in [0.05, 0.1) is 10.7 Å². The zero-order valence-corrected chi connectivity index (χ0v) is 12.2. The summed E-state index contributed by atoms with van der Waals surface area (Å²) in [6.45, 7) is 2.16. The highest BCUT2D eigenvalue weighted by Crippen LogP contribution is 2.25. The number of hydrogen-bond acceptors (Lipinski definition) is 3. The lowest BCUT2D eigenvalue weighted by atomic mass is 10.2. The third kappa shape index (κ3) is 2.90. The van der Waals surface area contributed by atoms with E-state index in [-0.39, 0.29) is 12.2 Å². The summed E-state index contributed by atoms with van der Waals surface area (Å²) in [7, 11) is 0. The zero-order valence-electron chi connectivity index (χ0n) is 11.4. The van der Waals surface area contributed by atoms with Gasteiger partial charge in [0.2, 0.25) is 0 Å². The van der Waals surface area contributed by atoms with E-state index < -0.39 is 0 Å². The van der Waals surface area contributed by atoms with E-state index in [2.05, 4.69) is 4.98 Å². The summed E-state index contributed by atoms with van der Waals surface area (Å²) in [4.78, 5) is 16.4. The summed E-state index contributed by atoms with van der Waals surface area (Å²) in [6.07, 6.45) is 1.69. The fourth-order valence-electron chi connectivity index (χ4n) is 2.05. The Balaban J connectivity index is 1.88. The number of rotatable bonds is 3. The highest BCUT2D eigenvalue weighted by molar-refractivity contribution is 6.32. The Morgan fingerprint density at radius 3 is 2.95 bits per heavy atom. The number of nitrogens with zero attached hydrogens (tertiary/aromatic N) is 2. The number of pyridine rings is 1. The van der Waals surface area contributed by atoms with E-state index >= 15 is 0 Å². The van der Waals surface area contributed by atoms with E-state index in [4.69, 9.17) is 16.3 Å². The molecule has 0 aliphatic heterocycles. The molecule has 0 N–H and O–H groups in total. The van der Waals surface area contributed by atoms with Crippen molar-refractivity contribution in [2.75, 3.05) is 0 Å². The summed E-state index contributed by atoms with van der Waals surface area (Å²) in [6, 6.07) is 12.4. The van der Waals surface area contributed by atoms with Crippen molar-refractivity contribution in [3.63, 3.8) is 0 Å². The van der Waals surface area contributed by atoms with Crippen LogP contribution >= 0.6 is 11.6 Å². The molecule has 0 radical (unpaired) electrons. The second kappa shape index (κ2) is 5.58. The van der Waals surface area contributed by atoms with Crippen molar-refractivity contribution in [2.45, 2.75) is 13.5 Å². The van der Waals surface area contributed by atoms with Crippen LogP contribution in [-0.2, 0) is 6.61 Å². The van der Waals surface area contributed by atoms with Gasteiger partial charge in [-0.1, -0.05) is 23.7 Å². The SMILES string of the molecule is Cc1ccc(Cl)c(OCc2cc(=O)n3ccccc3n2)c1. The van der Waals surface area contributed by atoms with Crippen molar-refractivity contribution in [3.05, 3.63) is 75.3 Å². The van der Waals surface area contributed by atoms with Crippen LogP contribution in [0.4, 0.5) is 0 Å². The molecule has 0 fully saturated rings. The lowest BCUT2D eigenvalue weighted by Gasteiger charge is -2.09. The number of aryl methyl sites for hydroxylation is 1. The highest BCUT2D eigenvalue weighted by Gasteiger charge is 2.05. The summed E-state index contributed by atoms with van der Waals surface area (Å²) in [5, 5.41) is 0.540. The van der Waals surface area contributed by atoms with Crippen molar-refractivity contribution in [2.24, 2.45) is 0 Å². The molecule has 2 heterocycles. The van der Waals surface area contributed by atoms with Crippen LogP contribution < -0.4 is 10.3 Å². The number of aromatic nitrogens is 2. The largest absolute Gasteiger partial charge is 0.486 e. The van der Waals surface area contributed by atoms with Crippen LogP contribution in [-0.4, -0.2) is 9.38 Å². The number of halogens is 1. The molecule has 3 rings (SSSR count). The minimum Gasteiger partial charge on any atom is -0.486 e. The zero-order chi connectivity index (χ0) is 14.8. The van der Waals surface area contributed by atoms with Crippen molar-refractivity contribution in [3.8, 4) is 5.75 Å². The normalized spacial score (nSPS) is 10.8. The predicted molar refractivity (Wildman–Crippen MR) is 82.0 cm³/mol. The Kier molecular flexibility index (Phi) is 3.62. The maximum absolute atomic E-state index is 12.0. The summed E-state index contributed by atoms with van der Waals surface area (Å²) < 4.78 is 7.15. The number of hydrogen-bond donors (Lipinski definition) is 0. The average Bonchev–Trinajstić information content (AvgIpc) is 2.48. The Morgan fingerprint density at radius 2 is 2.10 bits per heavy atom. The molecule has 0 amide bonds. The Hall–Kier alpha value is -2.33. The van der Waals surface area contributed by atoms with Gasteiger partial charge < -0.3 is 4.74 Å².